The molecule has 172 valence electrons. The minimum absolute atomic E-state index is 0.0311. The lowest BCUT2D eigenvalue weighted by Crippen LogP contribution is -2.64. The summed E-state index contributed by atoms with van der Waals surface area (Å²) in [5, 5.41) is 0. The third-order valence-corrected chi connectivity index (χ3v) is 8.62. The van der Waals surface area contributed by atoms with Gasteiger partial charge in [0.05, 0.1) is 30.9 Å². The van der Waals surface area contributed by atoms with Crippen LogP contribution in [0.1, 0.15) is 61.7 Å². The van der Waals surface area contributed by atoms with Crippen molar-refractivity contribution in [2.75, 3.05) is 7.11 Å². The zero-order chi connectivity index (χ0) is 23.0. The molecule has 0 radical (unpaired) electrons. The SMILES string of the molecule is COC(=O)C[C@]12C=C3C(=O)c4ccccc4O[C@@]3(CC1)[C@H]1C(=O)N(C3CCCCC3)C(=O)[C@H]12. The number of rotatable bonds is 3. The first kappa shape index (κ1) is 20.6. The molecule has 1 spiro atoms. The van der Waals surface area contributed by atoms with E-state index in [9.17, 15) is 19.2 Å². The van der Waals surface area contributed by atoms with Gasteiger partial charge in [-0.1, -0.05) is 37.5 Å². The Morgan fingerprint density at radius 1 is 1.06 bits per heavy atom. The van der Waals surface area contributed by atoms with E-state index in [1.165, 1.54) is 12.0 Å². The third-order valence-electron chi connectivity index (χ3n) is 8.62. The number of imide groups is 1. The van der Waals surface area contributed by atoms with Crippen molar-refractivity contribution in [1.29, 1.82) is 0 Å². The highest BCUT2D eigenvalue weighted by molar-refractivity contribution is 6.16. The van der Waals surface area contributed by atoms with Crippen molar-refractivity contribution < 1.29 is 28.7 Å². The van der Waals surface area contributed by atoms with Crippen molar-refractivity contribution in [3.05, 3.63) is 41.5 Å². The molecular weight excluding hydrogens is 422 g/mol. The van der Waals surface area contributed by atoms with Crippen molar-refractivity contribution in [2.24, 2.45) is 17.3 Å². The number of carbonyl (C=O) groups excluding carboxylic acids is 4. The van der Waals surface area contributed by atoms with E-state index in [0.717, 1.165) is 32.1 Å². The highest BCUT2D eigenvalue weighted by Gasteiger charge is 2.73. The number of allylic oxidation sites excluding steroid dienone is 1. The number of Topliss-reactive ketones (excluding diaryl/α,β-unsaturated/α-hetero) is 1. The molecule has 0 N–H and O–H groups in total. The number of ether oxygens (including phenoxy) is 2. The van der Waals surface area contributed by atoms with Crippen molar-refractivity contribution >= 4 is 23.6 Å². The maximum absolute atomic E-state index is 14.0. The molecule has 3 fully saturated rings. The number of amides is 2. The van der Waals surface area contributed by atoms with Gasteiger partial charge in [-0.15, -0.1) is 0 Å². The number of nitrogens with zero attached hydrogens (tertiary/aromatic N) is 1. The van der Waals surface area contributed by atoms with E-state index < -0.39 is 28.8 Å². The van der Waals surface area contributed by atoms with Crippen LogP contribution >= 0.6 is 0 Å². The molecule has 2 heterocycles. The molecule has 33 heavy (non-hydrogen) atoms. The largest absolute Gasteiger partial charge is 0.481 e. The fraction of sp³-hybridized carbons (Fsp3) is 0.538. The average molecular weight is 450 g/mol. The molecule has 7 heteroatoms. The Labute approximate surface area is 192 Å². The summed E-state index contributed by atoms with van der Waals surface area (Å²) >= 11 is 0. The molecule has 2 bridgehead atoms. The fourth-order valence-electron chi connectivity index (χ4n) is 7.14. The Kier molecular flexibility index (Phi) is 4.39. The van der Waals surface area contributed by atoms with E-state index >= 15 is 0 Å². The van der Waals surface area contributed by atoms with E-state index in [1.807, 2.05) is 0 Å². The number of fused-ring (bicyclic) bond motifs is 2. The molecule has 4 aliphatic carbocycles. The summed E-state index contributed by atoms with van der Waals surface area (Å²) in [5.74, 6) is -2.16. The summed E-state index contributed by atoms with van der Waals surface area (Å²) in [5.41, 5.74) is -1.21. The molecule has 0 unspecified atom stereocenters. The second-order valence-electron chi connectivity index (χ2n) is 10.2. The minimum Gasteiger partial charge on any atom is -0.481 e. The van der Waals surface area contributed by atoms with Crippen molar-refractivity contribution in [1.82, 2.24) is 4.90 Å². The van der Waals surface area contributed by atoms with E-state index in [-0.39, 0.29) is 30.1 Å². The number of ketones is 1. The molecule has 1 saturated heterocycles. The first-order valence-corrected chi connectivity index (χ1v) is 11.9. The number of likely N-dealkylation sites (tertiary alicyclic amines) is 1. The fourth-order valence-corrected chi connectivity index (χ4v) is 7.14. The van der Waals surface area contributed by atoms with E-state index in [1.54, 1.807) is 30.3 Å². The lowest BCUT2D eigenvalue weighted by molar-refractivity contribution is -0.154. The highest BCUT2D eigenvalue weighted by Crippen LogP contribution is 2.65. The highest BCUT2D eigenvalue weighted by atomic mass is 16.5. The molecule has 7 rings (SSSR count). The predicted octanol–water partition coefficient (Wildman–Crippen LogP) is 3.22. The Morgan fingerprint density at radius 2 is 1.79 bits per heavy atom. The van der Waals surface area contributed by atoms with Crippen LogP contribution in [0.25, 0.3) is 0 Å². The molecule has 7 nitrogen and oxygen atoms in total. The van der Waals surface area contributed by atoms with E-state index in [4.69, 9.17) is 9.47 Å². The van der Waals surface area contributed by atoms with Crippen LogP contribution in [-0.2, 0) is 19.1 Å². The summed E-state index contributed by atoms with van der Waals surface area (Å²) < 4.78 is 11.5. The van der Waals surface area contributed by atoms with Gasteiger partial charge in [-0.25, -0.2) is 0 Å². The van der Waals surface area contributed by atoms with Gasteiger partial charge in [-0.05, 0) is 37.8 Å². The number of carbonyl (C=O) groups is 4. The smallest absolute Gasteiger partial charge is 0.306 e. The van der Waals surface area contributed by atoms with Gasteiger partial charge in [0.2, 0.25) is 11.8 Å². The second kappa shape index (κ2) is 7.02. The second-order valence-corrected chi connectivity index (χ2v) is 10.2. The summed E-state index contributed by atoms with van der Waals surface area (Å²) in [6, 6.07) is 6.93. The number of esters is 1. The third kappa shape index (κ3) is 2.62. The number of hydrogen-bond acceptors (Lipinski definition) is 6. The van der Waals surface area contributed by atoms with Crippen LogP contribution in [-0.4, -0.2) is 47.2 Å². The van der Waals surface area contributed by atoms with Crippen LogP contribution in [0.5, 0.6) is 5.75 Å². The van der Waals surface area contributed by atoms with E-state index in [0.29, 0.717) is 29.7 Å². The van der Waals surface area contributed by atoms with Gasteiger partial charge < -0.3 is 9.47 Å². The van der Waals surface area contributed by atoms with Gasteiger partial charge in [0, 0.05) is 17.0 Å². The van der Waals surface area contributed by atoms with E-state index in [2.05, 4.69) is 0 Å². The number of methoxy groups -OCH3 is 1. The summed E-state index contributed by atoms with van der Waals surface area (Å²) in [6.45, 7) is 0. The van der Waals surface area contributed by atoms with Crippen LogP contribution in [0.2, 0.25) is 0 Å². The molecule has 6 aliphatic rings. The Morgan fingerprint density at radius 3 is 2.55 bits per heavy atom. The quantitative estimate of drug-likeness (QED) is 0.520. The minimum atomic E-state index is -1.16. The normalized spacial score (nSPS) is 34.9. The van der Waals surface area contributed by atoms with Crippen molar-refractivity contribution in [2.45, 2.75) is 63.0 Å². The Hall–Kier alpha value is -2.96. The average Bonchev–Trinajstić information content (AvgIpc) is 3.12. The number of para-hydroxylation sites is 1. The number of benzene rings is 1. The van der Waals surface area contributed by atoms with Crippen molar-refractivity contribution in [3.8, 4) is 5.75 Å². The standard InChI is InChI=1S/C26H27NO6/c1-32-19(28)14-25-11-12-26(17(13-25)22(29)16-9-5-6-10-18(16)33-26)21-20(25)23(30)27(24(21)31)15-7-3-2-4-8-15/h5-6,9-10,13,15,20-21H,2-4,7-8,11-12,14H2,1H3/t20-,21+,25+,26+/m0/s1. The van der Waals surface area contributed by atoms with Crippen LogP contribution in [0, 0.1) is 17.3 Å². The maximum atomic E-state index is 14.0. The van der Waals surface area contributed by atoms with Gasteiger partial charge in [-0.2, -0.15) is 0 Å². The summed E-state index contributed by atoms with van der Waals surface area (Å²) in [7, 11) is 1.32. The van der Waals surface area contributed by atoms with Gasteiger partial charge in [0.25, 0.3) is 0 Å². The molecular formula is C26H27NO6. The summed E-state index contributed by atoms with van der Waals surface area (Å²) in [6.07, 6.45) is 7.35. The first-order valence-electron chi connectivity index (χ1n) is 11.9. The van der Waals surface area contributed by atoms with Gasteiger partial charge >= 0.3 is 5.97 Å². The lowest BCUT2D eigenvalue weighted by atomic mass is 9.48. The lowest BCUT2D eigenvalue weighted by Gasteiger charge is -2.57. The Balaban J connectivity index is 1.53. The van der Waals surface area contributed by atoms with Gasteiger partial charge in [0.15, 0.2) is 5.78 Å². The number of hydrogen-bond donors (Lipinski definition) is 0. The van der Waals surface area contributed by atoms with Gasteiger partial charge in [-0.3, -0.25) is 24.1 Å². The Bertz CT molecular complexity index is 1120. The zero-order valence-corrected chi connectivity index (χ0v) is 18.7. The van der Waals surface area contributed by atoms with Crippen LogP contribution < -0.4 is 4.74 Å². The van der Waals surface area contributed by atoms with Crippen LogP contribution in [0.15, 0.2) is 35.9 Å². The molecule has 1 aromatic carbocycles. The molecule has 0 aromatic heterocycles. The van der Waals surface area contributed by atoms with Crippen LogP contribution in [0.4, 0.5) is 0 Å². The monoisotopic (exact) mass is 449 g/mol. The topological polar surface area (TPSA) is 90.0 Å². The van der Waals surface area contributed by atoms with Crippen molar-refractivity contribution in [3.63, 3.8) is 0 Å². The molecule has 2 saturated carbocycles. The first-order chi connectivity index (χ1) is 15.9. The molecule has 4 atom stereocenters. The molecule has 1 aromatic rings. The van der Waals surface area contributed by atoms with Crippen LogP contribution in [0.3, 0.4) is 0 Å². The van der Waals surface area contributed by atoms with Gasteiger partial charge in [0.1, 0.15) is 11.4 Å². The maximum Gasteiger partial charge on any atom is 0.306 e. The summed E-state index contributed by atoms with van der Waals surface area (Å²) in [4.78, 5) is 55.4. The zero-order valence-electron chi connectivity index (χ0n) is 18.7. The molecule has 2 amide bonds. The molecule has 2 aliphatic heterocycles. The predicted molar refractivity (Wildman–Crippen MR) is 116 cm³/mol.